The van der Waals surface area contributed by atoms with E-state index in [1.807, 2.05) is 32.1 Å². The first-order valence-electron chi connectivity index (χ1n) is 5.67. The van der Waals surface area contributed by atoms with Crippen molar-refractivity contribution >= 4 is 11.8 Å². The summed E-state index contributed by atoms with van der Waals surface area (Å²) in [5, 5.41) is 0. The molecule has 2 aliphatic rings. The van der Waals surface area contributed by atoms with Crippen molar-refractivity contribution in [2.24, 2.45) is 0 Å². The van der Waals surface area contributed by atoms with Gasteiger partial charge in [0.25, 0.3) is 0 Å². The summed E-state index contributed by atoms with van der Waals surface area (Å²) in [6, 6.07) is 0. The number of esters is 1. The molecule has 19 heavy (non-hydrogen) atoms. The number of carbonyl (C=O) groups excluding carboxylic acids is 2. The molecule has 0 saturated heterocycles. The molecule has 2 aliphatic carbocycles. The van der Waals surface area contributed by atoms with Crippen LogP contribution < -0.4 is 0 Å². The standard InChI is InChI=1S/C10H11O3.C5H5.Fe/c1-7(11)10-5-3-4-9(10)6-13-8(2)12;1-2-4-5-3-1;/h3-5H,6H2,1-2H3;1-5H;. The summed E-state index contributed by atoms with van der Waals surface area (Å²) in [6.45, 7) is 3.01. The molecule has 0 spiro atoms. The molecular weight excluding hydrogens is 284 g/mol. The van der Waals surface area contributed by atoms with Gasteiger partial charge in [-0.05, 0) is 58.3 Å². The maximum Gasteiger partial charge on any atom is 0.302 e. The Morgan fingerprint density at radius 2 is 1.47 bits per heavy atom. The monoisotopic (exact) mass is 300 g/mol. The summed E-state index contributed by atoms with van der Waals surface area (Å²) in [4.78, 5) is 21.5. The van der Waals surface area contributed by atoms with Gasteiger partial charge in [-0.15, -0.1) is 0 Å². The van der Waals surface area contributed by atoms with Gasteiger partial charge in [0.2, 0.25) is 0 Å². The normalized spacial score (nSPS) is 19.3. The van der Waals surface area contributed by atoms with Gasteiger partial charge >= 0.3 is 5.97 Å². The van der Waals surface area contributed by atoms with Crippen molar-refractivity contribution in [1.82, 2.24) is 0 Å². The van der Waals surface area contributed by atoms with Crippen molar-refractivity contribution in [3.63, 3.8) is 0 Å². The van der Waals surface area contributed by atoms with Crippen molar-refractivity contribution in [2.45, 2.75) is 13.8 Å². The van der Waals surface area contributed by atoms with Crippen LogP contribution in [0.1, 0.15) is 13.8 Å². The van der Waals surface area contributed by atoms with Crippen molar-refractivity contribution in [3.05, 3.63) is 63.2 Å². The Labute approximate surface area is 127 Å². The van der Waals surface area contributed by atoms with E-state index in [0.717, 1.165) is 5.92 Å². The minimum Gasteiger partial charge on any atom is -0.465 e. The number of rotatable bonds is 3. The zero-order valence-electron chi connectivity index (χ0n) is 10.9. The van der Waals surface area contributed by atoms with Crippen molar-refractivity contribution < 1.29 is 31.4 Å². The predicted octanol–water partition coefficient (Wildman–Crippen LogP) is 1.93. The summed E-state index contributed by atoms with van der Waals surface area (Å²) in [5.41, 5.74) is 0. The van der Waals surface area contributed by atoms with E-state index in [-0.39, 0.29) is 35.4 Å². The molecule has 2 rings (SSSR count). The summed E-state index contributed by atoms with van der Waals surface area (Å²) >= 11 is 0. The molecule has 0 heterocycles. The third-order valence-corrected chi connectivity index (χ3v) is 2.27. The van der Waals surface area contributed by atoms with Gasteiger partial charge in [-0.2, -0.15) is 0 Å². The average Bonchev–Trinajstić information content (AvgIpc) is 3.00. The minimum absolute atomic E-state index is 0. The van der Waals surface area contributed by atoms with Crippen LogP contribution in [0.2, 0.25) is 0 Å². The van der Waals surface area contributed by atoms with Crippen molar-refractivity contribution in [1.29, 1.82) is 0 Å². The third-order valence-electron chi connectivity index (χ3n) is 2.27. The van der Waals surface area contributed by atoms with E-state index < -0.39 is 0 Å². The SMILES string of the molecule is CC(=O)OC[C]1[CH][CH][CH][C]1C(C)=O.[CH]1[CH][CH][CH][CH]1.[Fe]. The van der Waals surface area contributed by atoms with Crippen LogP contribution in [0.15, 0.2) is 0 Å². The van der Waals surface area contributed by atoms with E-state index >= 15 is 0 Å². The second-order valence-electron chi connectivity index (χ2n) is 3.76. The molecule has 0 aliphatic heterocycles. The fourth-order valence-electron chi connectivity index (χ4n) is 1.43. The second kappa shape index (κ2) is 10.4. The molecule has 0 aromatic heterocycles. The van der Waals surface area contributed by atoms with E-state index in [2.05, 4.69) is 0 Å². The molecule has 0 amide bonds. The molecule has 0 N–H and O–H groups in total. The molecule has 3 nitrogen and oxygen atoms in total. The molecule has 4 heteroatoms. The Balaban J connectivity index is 0.000000454. The number of hydrogen-bond acceptors (Lipinski definition) is 3. The van der Waals surface area contributed by atoms with Crippen LogP contribution in [-0.2, 0) is 31.4 Å². The summed E-state index contributed by atoms with van der Waals surface area (Å²) in [7, 11) is 0. The molecule has 2 saturated carbocycles. The van der Waals surface area contributed by atoms with Crippen molar-refractivity contribution in [2.75, 3.05) is 6.61 Å². The predicted molar refractivity (Wildman–Crippen MR) is 68.2 cm³/mol. The van der Waals surface area contributed by atoms with Gasteiger partial charge in [0.1, 0.15) is 5.78 Å². The smallest absolute Gasteiger partial charge is 0.302 e. The van der Waals surface area contributed by atoms with Crippen LogP contribution in [0.4, 0.5) is 0 Å². The molecule has 0 aromatic rings. The van der Waals surface area contributed by atoms with Gasteiger partial charge < -0.3 is 4.74 Å². The van der Waals surface area contributed by atoms with E-state index in [0.29, 0.717) is 5.92 Å². The number of Topliss-reactive ketones (excluding diaryl/α,β-unsaturated/α-hetero) is 1. The molecule has 102 valence electrons. The number of hydrogen-bond donors (Lipinski definition) is 0. The van der Waals surface area contributed by atoms with Gasteiger partial charge in [0.15, 0.2) is 0 Å². The van der Waals surface area contributed by atoms with Crippen LogP contribution in [-0.4, -0.2) is 18.4 Å². The number of ketones is 1. The zero-order chi connectivity index (χ0) is 13.4. The second-order valence-corrected chi connectivity index (χ2v) is 3.76. The van der Waals surface area contributed by atoms with Gasteiger partial charge in [-0.25, -0.2) is 0 Å². The first-order chi connectivity index (χ1) is 8.61. The maximum atomic E-state index is 11.0. The van der Waals surface area contributed by atoms with E-state index in [9.17, 15) is 9.59 Å². The Bertz CT molecular complexity index is 267. The van der Waals surface area contributed by atoms with Crippen molar-refractivity contribution in [3.8, 4) is 0 Å². The van der Waals surface area contributed by atoms with Crippen LogP contribution in [0, 0.1) is 63.2 Å². The maximum absolute atomic E-state index is 11.0. The summed E-state index contributed by atoms with van der Waals surface area (Å²) < 4.78 is 4.79. The van der Waals surface area contributed by atoms with Crippen LogP contribution in [0.3, 0.4) is 0 Å². The molecule has 10 radical (unpaired) electrons. The van der Waals surface area contributed by atoms with Crippen LogP contribution >= 0.6 is 0 Å². The van der Waals surface area contributed by atoms with E-state index in [4.69, 9.17) is 4.74 Å². The van der Waals surface area contributed by atoms with Crippen LogP contribution in [0.25, 0.3) is 0 Å². The van der Waals surface area contributed by atoms with Gasteiger partial charge in [0, 0.05) is 29.9 Å². The molecule has 2 fully saturated rings. The first kappa shape index (κ1) is 18.7. The fourth-order valence-corrected chi connectivity index (χ4v) is 1.43. The number of carbonyl (C=O) groups is 2. The van der Waals surface area contributed by atoms with Gasteiger partial charge in [-0.1, -0.05) is 0 Å². The fraction of sp³-hybridized carbons (Fsp3) is 0.200. The van der Waals surface area contributed by atoms with E-state index in [1.54, 1.807) is 19.3 Å². The Morgan fingerprint density at radius 3 is 1.89 bits per heavy atom. The van der Waals surface area contributed by atoms with Gasteiger partial charge in [0.05, 0.1) is 12.5 Å². The Morgan fingerprint density at radius 1 is 0.947 bits per heavy atom. The third kappa shape index (κ3) is 7.74. The average molecular weight is 300 g/mol. The summed E-state index contributed by atoms with van der Waals surface area (Å²) in [6.07, 6.45) is 15.3. The molecule has 0 aromatic carbocycles. The van der Waals surface area contributed by atoms with Crippen LogP contribution in [0.5, 0.6) is 0 Å². The van der Waals surface area contributed by atoms with E-state index in [1.165, 1.54) is 13.8 Å². The Kier molecular flexibility index (Phi) is 10.3. The largest absolute Gasteiger partial charge is 0.465 e. The Hall–Kier alpha value is -0.341. The number of ether oxygens (including phenoxy) is 1. The molecule has 0 bridgehead atoms. The minimum atomic E-state index is -0.337. The first-order valence-corrected chi connectivity index (χ1v) is 5.67. The zero-order valence-corrected chi connectivity index (χ0v) is 12.0. The molecule has 0 atom stereocenters. The topological polar surface area (TPSA) is 43.4 Å². The summed E-state index contributed by atoms with van der Waals surface area (Å²) in [5.74, 6) is 1.05. The molecular formula is C15H16FeO3. The quantitative estimate of drug-likeness (QED) is 0.591. The van der Waals surface area contributed by atoms with Gasteiger partial charge in [-0.3, -0.25) is 9.59 Å². The molecule has 0 unspecified atom stereocenters.